The Hall–Kier alpha value is -2.37. The zero-order valence-corrected chi connectivity index (χ0v) is 9.30. The highest BCUT2D eigenvalue weighted by Gasteiger charge is 2.07. The number of hydrogen-bond donors (Lipinski definition) is 2. The molecule has 0 amide bonds. The summed E-state index contributed by atoms with van der Waals surface area (Å²) < 4.78 is 0. The molecule has 2 rings (SSSR count). The maximum atomic E-state index is 10.7. The molecule has 0 bridgehead atoms. The first-order chi connectivity index (χ1) is 8.15. The normalized spacial score (nSPS) is 10.2. The fourth-order valence-corrected chi connectivity index (χ4v) is 1.55. The summed E-state index contributed by atoms with van der Waals surface area (Å²) >= 11 is 0. The van der Waals surface area contributed by atoms with Gasteiger partial charge in [-0.15, -0.1) is 0 Å². The Kier molecular flexibility index (Phi) is 3.04. The van der Waals surface area contributed by atoms with Crippen molar-refractivity contribution in [2.75, 3.05) is 5.32 Å². The zero-order chi connectivity index (χ0) is 12.3. The maximum Gasteiger partial charge on any atom is 0.271 e. The lowest BCUT2D eigenvalue weighted by Crippen LogP contribution is -2.01. The van der Waals surface area contributed by atoms with Crippen LogP contribution in [0.4, 0.5) is 11.4 Å². The number of aromatic amines is 1. The van der Waals surface area contributed by atoms with Gasteiger partial charge in [0, 0.05) is 24.0 Å². The number of nitro benzene ring substituents is 1. The van der Waals surface area contributed by atoms with Crippen LogP contribution in [0.25, 0.3) is 0 Å². The van der Waals surface area contributed by atoms with Gasteiger partial charge >= 0.3 is 0 Å². The van der Waals surface area contributed by atoms with Gasteiger partial charge in [0.2, 0.25) is 0 Å². The van der Waals surface area contributed by atoms with Crippen LogP contribution in [0.1, 0.15) is 11.3 Å². The predicted molar refractivity (Wildman–Crippen MR) is 63.7 cm³/mol. The monoisotopic (exact) mass is 232 g/mol. The van der Waals surface area contributed by atoms with Crippen molar-refractivity contribution in [2.24, 2.45) is 0 Å². The van der Waals surface area contributed by atoms with Gasteiger partial charge < -0.3 is 5.32 Å². The van der Waals surface area contributed by atoms with Gasteiger partial charge in [-0.1, -0.05) is 0 Å². The number of H-pyrrole nitrogens is 1. The van der Waals surface area contributed by atoms with Gasteiger partial charge in [0.25, 0.3) is 5.69 Å². The van der Waals surface area contributed by atoms with Crippen molar-refractivity contribution in [3.8, 4) is 0 Å². The van der Waals surface area contributed by atoms with E-state index in [9.17, 15) is 10.1 Å². The Morgan fingerprint density at radius 3 is 2.94 bits per heavy atom. The molecule has 0 aliphatic rings. The Morgan fingerprint density at radius 1 is 1.47 bits per heavy atom. The minimum Gasteiger partial charge on any atom is -0.379 e. The minimum atomic E-state index is -0.394. The lowest BCUT2D eigenvalue weighted by atomic mass is 10.2. The number of aryl methyl sites for hydroxylation is 1. The molecule has 0 unspecified atom stereocenters. The van der Waals surface area contributed by atoms with Gasteiger partial charge in [-0.2, -0.15) is 5.10 Å². The molecular weight excluding hydrogens is 220 g/mol. The number of rotatable bonds is 4. The number of benzene rings is 1. The predicted octanol–water partition coefficient (Wildman–Crippen LogP) is 2.24. The topological polar surface area (TPSA) is 83.8 Å². The SMILES string of the molecule is Cc1cc(NCc2ccn[nH]2)cc([N+](=O)[O-])c1. The van der Waals surface area contributed by atoms with Gasteiger partial charge in [-0.25, -0.2) is 0 Å². The van der Waals surface area contributed by atoms with Crippen LogP contribution in [0, 0.1) is 17.0 Å². The number of aromatic nitrogens is 2. The number of nitrogens with zero attached hydrogens (tertiary/aromatic N) is 2. The van der Waals surface area contributed by atoms with E-state index >= 15 is 0 Å². The van der Waals surface area contributed by atoms with E-state index in [4.69, 9.17) is 0 Å². The molecule has 2 N–H and O–H groups in total. The van der Waals surface area contributed by atoms with Gasteiger partial charge in [0.05, 0.1) is 17.2 Å². The summed E-state index contributed by atoms with van der Waals surface area (Å²) in [5.74, 6) is 0. The fourth-order valence-electron chi connectivity index (χ4n) is 1.55. The van der Waals surface area contributed by atoms with Crippen molar-refractivity contribution in [1.29, 1.82) is 0 Å². The molecule has 0 saturated heterocycles. The lowest BCUT2D eigenvalue weighted by molar-refractivity contribution is -0.384. The van der Waals surface area contributed by atoms with Crippen molar-refractivity contribution in [3.63, 3.8) is 0 Å². The third kappa shape index (κ3) is 2.81. The molecular formula is C11H12N4O2. The fraction of sp³-hybridized carbons (Fsp3) is 0.182. The molecule has 2 aromatic rings. The first-order valence-corrected chi connectivity index (χ1v) is 5.13. The second-order valence-corrected chi connectivity index (χ2v) is 3.75. The molecule has 1 heterocycles. The summed E-state index contributed by atoms with van der Waals surface area (Å²) in [6, 6.07) is 6.77. The molecule has 0 radical (unpaired) electrons. The molecule has 1 aromatic heterocycles. The quantitative estimate of drug-likeness (QED) is 0.625. The second-order valence-electron chi connectivity index (χ2n) is 3.75. The standard InChI is InChI=1S/C11H12N4O2/c1-8-4-10(6-11(5-8)15(16)17)12-7-9-2-3-13-14-9/h2-6,12H,7H2,1H3,(H,13,14). The number of hydrogen-bond acceptors (Lipinski definition) is 4. The number of non-ortho nitro benzene ring substituents is 1. The van der Waals surface area contributed by atoms with Crippen LogP contribution in [0.15, 0.2) is 30.5 Å². The summed E-state index contributed by atoms with van der Waals surface area (Å²) in [5, 5.41) is 20.4. The maximum absolute atomic E-state index is 10.7. The molecule has 0 aliphatic carbocycles. The summed E-state index contributed by atoms with van der Waals surface area (Å²) in [6.07, 6.45) is 1.66. The van der Waals surface area contributed by atoms with E-state index in [0.717, 1.165) is 16.9 Å². The molecule has 0 fully saturated rings. The summed E-state index contributed by atoms with van der Waals surface area (Å²) in [7, 11) is 0. The van der Waals surface area contributed by atoms with E-state index < -0.39 is 4.92 Å². The minimum absolute atomic E-state index is 0.0945. The van der Waals surface area contributed by atoms with Crippen LogP contribution in [0.5, 0.6) is 0 Å². The molecule has 1 aromatic carbocycles. The van der Waals surface area contributed by atoms with Crippen LogP contribution < -0.4 is 5.32 Å². The molecule has 0 spiro atoms. The van der Waals surface area contributed by atoms with Crippen LogP contribution in [-0.4, -0.2) is 15.1 Å². The van der Waals surface area contributed by atoms with Gasteiger partial charge in [-0.05, 0) is 24.6 Å². The molecule has 0 saturated carbocycles. The summed E-state index contributed by atoms with van der Waals surface area (Å²) in [5.41, 5.74) is 2.60. The highest BCUT2D eigenvalue weighted by molar-refractivity contribution is 5.53. The molecule has 0 atom stereocenters. The molecule has 6 nitrogen and oxygen atoms in total. The average molecular weight is 232 g/mol. The van der Waals surface area contributed by atoms with Gasteiger partial charge in [-0.3, -0.25) is 15.2 Å². The molecule has 88 valence electrons. The first-order valence-electron chi connectivity index (χ1n) is 5.13. The smallest absolute Gasteiger partial charge is 0.271 e. The van der Waals surface area contributed by atoms with Crippen molar-refractivity contribution >= 4 is 11.4 Å². The largest absolute Gasteiger partial charge is 0.379 e. The van der Waals surface area contributed by atoms with Crippen LogP contribution >= 0.6 is 0 Å². The third-order valence-corrected chi connectivity index (χ3v) is 2.31. The van der Waals surface area contributed by atoms with Gasteiger partial charge in [0.15, 0.2) is 0 Å². The van der Waals surface area contributed by atoms with E-state index in [1.54, 1.807) is 12.3 Å². The van der Waals surface area contributed by atoms with E-state index in [1.165, 1.54) is 6.07 Å². The Balaban J connectivity index is 2.13. The lowest BCUT2D eigenvalue weighted by Gasteiger charge is -2.05. The van der Waals surface area contributed by atoms with Crippen molar-refractivity contribution < 1.29 is 4.92 Å². The van der Waals surface area contributed by atoms with Crippen LogP contribution in [0.3, 0.4) is 0 Å². The highest BCUT2D eigenvalue weighted by atomic mass is 16.6. The number of anilines is 1. The average Bonchev–Trinajstić information content (AvgIpc) is 2.78. The van der Waals surface area contributed by atoms with Crippen molar-refractivity contribution in [1.82, 2.24) is 10.2 Å². The first kappa shape index (κ1) is 11.1. The van der Waals surface area contributed by atoms with Crippen molar-refractivity contribution in [2.45, 2.75) is 13.5 Å². The Morgan fingerprint density at radius 2 is 2.29 bits per heavy atom. The van der Waals surface area contributed by atoms with Crippen LogP contribution in [-0.2, 0) is 6.54 Å². The number of nitro groups is 1. The zero-order valence-electron chi connectivity index (χ0n) is 9.30. The molecule has 6 heteroatoms. The Labute approximate surface area is 97.8 Å². The molecule has 17 heavy (non-hydrogen) atoms. The Bertz CT molecular complexity index is 522. The molecule has 0 aliphatic heterocycles. The summed E-state index contributed by atoms with van der Waals surface area (Å²) in [4.78, 5) is 10.3. The third-order valence-electron chi connectivity index (χ3n) is 2.31. The number of nitrogens with one attached hydrogen (secondary N) is 2. The van der Waals surface area contributed by atoms with Crippen LogP contribution in [0.2, 0.25) is 0 Å². The van der Waals surface area contributed by atoms with Crippen molar-refractivity contribution in [3.05, 3.63) is 51.8 Å². The van der Waals surface area contributed by atoms with E-state index in [1.807, 2.05) is 19.1 Å². The van der Waals surface area contributed by atoms with Gasteiger partial charge in [0.1, 0.15) is 0 Å². The summed E-state index contributed by atoms with van der Waals surface area (Å²) in [6.45, 7) is 2.38. The second kappa shape index (κ2) is 4.65. The van der Waals surface area contributed by atoms with E-state index in [2.05, 4.69) is 15.5 Å². The van der Waals surface area contributed by atoms with E-state index in [0.29, 0.717) is 6.54 Å². The van der Waals surface area contributed by atoms with E-state index in [-0.39, 0.29) is 5.69 Å². The highest BCUT2D eigenvalue weighted by Crippen LogP contribution is 2.20.